The molecule has 2 N–H and O–H groups in total. The molecule has 5 heteroatoms. The van der Waals surface area contributed by atoms with Crippen LogP contribution in [-0.4, -0.2) is 24.5 Å². The Hall–Kier alpha value is -2.82. The van der Waals surface area contributed by atoms with Crippen molar-refractivity contribution in [3.8, 4) is 5.75 Å². The van der Waals surface area contributed by atoms with Crippen molar-refractivity contribution in [3.05, 3.63) is 59.7 Å². The lowest BCUT2D eigenvalue weighted by molar-refractivity contribution is -0.122. The first-order valence-corrected chi connectivity index (χ1v) is 8.86. The van der Waals surface area contributed by atoms with Crippen molar-refractivity contribution in [3.63, 3.8) is 0 Å². The van der Waals surface area contributed by atoms with Gasteiger partial charge in [-0.1, -0.05) is 26.0 Å². The maximum absolute atomic E-state index is 12.3. The summed E-state index contributed by atoms with van der Waals surface area (Å²) < 4.78 is 5.70. The molecule has 138 valence electrons. The summed E-state index contributed by atoms with van der Waals surface area (Å²) in [6, 6.07) is 14.5. The molecule has 2 rings (SSSR count). The van der Waals surface area contributed by atoms with Crippen LogP contribution >= 0.6 is 0 Å². The Morgan fingerprint density at radius 1 is 0.962 bits per heavy atom. The van der Waals surface area contributed by atoms with E-state index in [0.29, 0.717) is 29.5 Å². The maximum Gasteiger partial charge on any atom is 0.265 e. The molecule has 0 radical (unpaired) electrons. The first-order chi connectivity index (χ1) is 12.4. The van der Waals surface area contributed by atoms with E-state index in [4.69, 9.17) is 4.74 Å². The number of benzene rings is 2. The van der Waals surface area contributed by atoms with Gasteiger partial charge in [-0.15, -0.1) is 0 Å². The average Bonchev–Trinajstić information content (AvgIpc) is 2.63. The van der Waals surface area contributed by atoms with Gasteiger partial charge in [0.05, 0.1) is 0 Å². The molecule has 0 aliphatic heterocycles. The highest BCUT2D eigenvalue weighted by Gasteiger charge is 2.15. The topological polar surface area (TPSA) is 67.4 Å². The lowest BCUT2D eigenvalue weighted by Crippen LogP contribution is -2.30. The summed E-state index contributed by atoms with van der Waals surface area (Å²) in [5.41, 5.74) is 2.40. The van der Waals surface area contributed by atoms with Crippen LogP contribution in [0.3, 0.4) is 0 Å². The van der Waals surface area contributed by atoms with Gasteiger partial charge < -0.3 is 15.4 Å². The quantitative estimate of drug-likeness (QED) is 0.791. The molecular formula is C21H26N2O3. The van der Waals surface area contributed by atoms with E-state index in [9.17, 15) is 9.59 Å². The minimum atomic E-state index is -0.636. The largest absolute Gasteiger partial charge is 0.481 e. The third-order valence-corrected chi connectivity index (χ3v) is 3.98. The molecule has 0 heterocycles. The number of rotatable bonds is 7. The number of carbonyl (C=O) groups is 2. The number of carbonyl (C=O) groups excluding carboxylic acids is 2. The standard InChI is InChI=1S/C21H26N2O3/c1-5-22-21(25)17-6-10-18(11-7-17)23-20(24)15(4)26-19-12-8-16(9-13-19)14(2)3/h6-15H,5H2,1-4H3,(H,22,25)(H,23,24). The van der Waals surface area contributed by atoms with E-state index in [1.807, 2.05) is 31.2 Å². The number of nitrogens with one attached hydrogen (secondary N) is 2. The van der Waals surface area contributed by atoms with Crippen molar-refractivity contribution >= 4 is 17.5 Å². The van der Waals surface area contributed by atoms with Crippen LogP contribution in [0.25, 0.3) is 0 Å². The highest BCUT2D eigenvalue weighted by Crippen LogP contribution is 2.20. The lowest BCUT2D eigenvalue weighted by Gasteiger charge is -2.15. The Morgan fingerprint density at radius 2 is 1.58 bits per heavy atom. The monoisotopic (exact) mass is 354 g/mol. The van der Waals surface area contributed by atoms with Crippen LogP contribution in [0, 0.1) is 0 Å². The zero-order valence-corrected chi connectivity index (χ0v) is 15.7. The first-order valence-electron chi connectivity index (χ1n) is 8.86. The third kappa shape index (κ3) is 5.34. The molecule has 0 aliphatic rings. The average molecular weight is 354 g/mol. The Bertz CT molecular complexity index is 737. The van der Waals surface area contributed by atoms with Gasteiger partial charge in [0.25, 0.3) is 11.8 Å². The van der Waals surface area contributed by atoms with Crippen LogP contribution in [0.1, 0.15) is 49.5 Å². The Morgan fingerprint density at radius 3 is 2.12 bits per heavy atom. The number of hydrogen-bond acceptors (Lipinski definition) is 3. The van der Waals surface area contributed by atoms with Crippen molar-refractivity contribution in [1.82, 2.24) is 5.32 Å². The Kier molecular flexibility index (Phi) is 6.78. The highest BCUT2D eigenvalue weighted by molar-refractivity contribution is 5.96. The van der Waals surface area contributed by atoms with Gasteiger partial charge >= 0.3 is 0 Å². The van der Waals surface area contributed by atoms with Gasteiger partial charge in [-0.05, 0) is 61.7 Å². The summed E-state index contributed by atoms with van der Waals surface area (Å²) >= 11 is 0. The number of hydrogen-bond donors (Lipinski definition) is 2. The van der Waals surface area contributed by atoms with E-state index in [0.717, 1.165) is 0 Å². The van der Waals surface area contributed by atoms with Crippen LogP contribution in [0.2, 0.25) is 0 Å². The van der Waals surface area contributed by atoms with Crippen molar-refractivity contribution in [1.29, 1.82) is 0 Å². The molecule has 0 aliphatic carbocycles. The summed E-state index contributed by atoms with van der Waals surface area (Å²) in [6.45, 7) is 8.40. The zero-order valence-electron chi connectivity index (χ0n) is 15.7. The second-order valence-corrected chi connectivity index (χ2v) is 6.41. The molecule has 5 nitrogen and oxygen atoms in total. The van der Waals surface area contributed by atoms with Gasteiger partial charge in [-0.2, -0.15) is 0 Å². The smallest absolute Gasteiger partial charge is 0.265 e. The predicted molar refractivity (Wildman–Crippen MR) is 104 cm³/mol. The van der Waals surface area contributed by atoms with Crippen LogP contribution in [0.5, 0.6) is 5.75 Å². The SMILES string of the molecule is CCNC(=O)c1ccc(NC(=O)C(C)Oc2ccc(C(C)C)cc2)cc1. The molecule has 0 bridgehead atoms. The molecule has 26 heavy (non-hydrogen) atoms. The molecule has 0 saturated heterocycles. The Labute approximate surface area is 154 Å². The van der Waals surface area contributed by atoms with Crippen molar-refractivity contribution in [2.24, 2.45) is 0 Å². The van der Waals surface area contributed by atoms with Crippen molar-refractivity contribution < 1.29 is 14.3 Å². The van der Waals surface area contributed by atoms with Gasteiger partial charge in [0.15, 0.2) is 6.10 Å². The second kappa shape index (κ2) is 9.04. The van der Waals surface area contributed by atoms with Gasteiger partial charge in [0.2, 0.25) is 0 Å². The van der Waals surface area contributed by atoms with Gasteiger partial charge in [0.1, 0.15) is 5.75 Å². The fourth-order valence-corrected chi connectivity index (χ4v) is 2.40. The number of ether oxygens (including phenoxy) is 1. The highest BCUT2D eigenvalue weighted by atomic mass is 16.5. The molecule has 0 saturated carbocycles. The third-order valence-electron chi connectivity index (χ3n) is 3.98. The summed E-state index contributed by atoms with van der Waals surface area (Å²) in [7, 11) is 0. The van der Waals surface area contributed by atoms with Crippen LogP contribution in [-0.2, 0) is 4.79 Å². The van der Waals surface area contributed by atoms with E-state index in [2.05, 4.69) is 24.5 Å². The van der Waals surface area contributed by atoms with Crippen LogP contribution < -0.4 is 15.4 Å². The minimum absolute atomic E-state index is 0.132. The summed E-state index contributed by atoms with van der Waals surface area (Å²) in [5, 5.41) is 5.53. The lowest BCUT2D eigenvalue weighted by atomic mass is 10.0. The Balaban J connectivity index is 1.93. The maximum atomic E-state index is 12.3. The molecule has 0 aromatic heterocycles. The van der Waals surface area contributed by atoms with E-state index >= 15 is 0 Å². The van der Waals surface area contributed by atoms with E-state index in [1.165, 1.54) is 5.56 Å². The predicted octanol–water partition coefficient (Wildman–Crippen LogP) is 3.97. The molecule has 1 atom stereocenters. The number of anilines is 1. The minimum Gasteiger partial charge on any atom is -0.481 e. The van der Waals surface area contributed by atoms with E-state index < -0.39 is 6.10 Å². The molecule has 0 fully saturated rings. The molecule has 0 spiro atoms. The van der Waals surface area contributed by atoms with E-state index in [1.54, 1.807) is 31.2 Å². The summed E-state index contributed by atoms with van der Waals surface area (Å²) in [5.74, 6) is 0.728. The molecule has 1 unspecified atom stereocenters. The summed E-state index contributed by atoms with van der Waals surface area (Å²) in [6.07, 6.45) is -0.636. The molecule has 2 aromatic rings. The van der Waals surface area contributed by atoms with Crippen molar-refractivity contribution in [2.75, 3.05) is 11.9 Å². The molecular weight excluding hydrogens is 328 g/mol. The van der Waals surface area contributed by atoms with Crippen LogP contribution in [0.4, 0.5) is 5.69 Å². The zero-order chi connectivity index (χ0) is 19.1. The first kappa shape index (κ1) is 19.5. The van der Waals surface area contributed by atoms with Gasteiger partial charge in [0, 0.05) is 17.8 Å². The van der Waals surface area contributed by atoms with Gasteiger partial charge in [-0.3, -0.25) is 9.59 Å². The van der Waals surface area contributed by atoms with Crippen molar-refractivity contribution in [2.45, 2.75) is 39.7 Å². The fourth-order valence-electron chi connectivity index (χ4n) is 2.40. The number of amides is 2. The molecule has 2 aromatic carbocycles. The van der Waals surface area contributed by atoms with E-state index in [-0.39, 0.29) is 11.8 Å². The normalized spacial score (nSPS) is 11.7. The van der Waals surface area contributed by atoms with Crippen LogP contribution in [0.15, 0.2) is 48.5 Å². The second-order valence-electron chi connectivity index (χ2n) is 6.41. The van der Waals surface area contributed by atoms with Gasteiger partial charge in [-0.25, -0.2) is 0 Å². The fraction of sp³-hybridized carbons (Fsp3) is 0.333. The summed E-state index contributed by atoms with van der Waals surface area (Å²) in [4.78, 5) is 24.0. The molecule has 2 amide bonds.